The number of rotatable bonds is 2. The first-order valence-electron chi connectivity index (χ1n) is 16.2. The Hall–Kier alpha value is -6.94. The van der Waals surface area contributed by atoms with Crippen molar-refractivity contribution in [1.82, 2.24) is 4.90 Å². The van der Waals surface area contributed by atoms with Gasteiger partial charge in [0, 0.05) is 64.2 Å². The van der Waals surface area contributed by atoms with Gasteiger partial charge in [0.05, 0.1) is 5.56 Å². The van der Waals surface area contributed by atoms with Crippen molar-refractivity contribution in [3.05, 3.63) is 165 Å². The summed E-state index contributed by atoms with van der Waals surface area (Å²) >= 11 is 0. The highest BCUT2D eigenvalue weighted by atomic mass is 16.6. The van der Waals surface area contributed by atoms with Crippen molar-refractivity contribution < 1.29 is 44.2 Å². The third-order valence-corrected chi connectivity index (χ3v) is 10.3. The number of phenolic OH excluding ortho intramolecular Hbond substituents is 4. The van der Waals surface area contributed by atoms with Crippen molar-refractivity contribution in [3.8, 4) is 46.0 Å². The number of nitrogens with zero attached hydrogens (tertiary/aromatic N) is 1. The zero-order chi connectivity index (χ0) is 34.8. The quantitative estimate of drug-likeness (QED) is 0.141. The van der Waals surface area contributed by atoms with Crippen LogP contribution in [-0.2, 0) is 22.4 Å². The number of ether oxygens (including phenoxy) is 3. The van der Waals surface area contributed by atoms with Crippen LogP contribution in [0.4, 0.5) is 0 Å². The molecule has 4 aliphatic rings. The molecular formula is C41H25NO9. The van der Waals surface area contributed by atoms with Crippen molar-refractivity contribution in [2.45, 2.75) is 17.7 Å². The first-order chi connectivity index (χ1) is 24.7. The molecule has 0 unspecified atom stereocenters. The van der Waals surface area contributed by atoms with Gasteiger partial charge in [-0.25, -0.2) is 4.79 Å². The Kier molecular flexibility index (Phi) is 5.59. The minimum Gasteiger partial charge on any atom is -0.508 e. The maximum Gasteiger partial charge on any atom is 0.340 e. The van der Waals surface area contributed by atoms with E-state index in [9.17, 15) is 30.0 Å². The van der Waals surface area contributed by atoms with Crippen molar-refractivity contribution >= 4 is 11.9 Å². The molecule has 10 nitrogen and oxygen atoms in total. The van der Waals surface area contributed by atoms with Gasteiger partial charge in [-0.2, -0.15) is 0 Å². The predicted molar refractivity (Wildman–Crippen MR) is 181 cm³/mol. The summed E-state index contributed by atoms with van der Waals surface area (Å²) in [6.45, 7) is 0.0553. The molecule has 0 radical (unpaired) electrons. The third kappa shape index (κ3) is 3.70. The van der Waals surface area contributed by atoms with E-state index < -0.39 is 17.1 Å². The molecule has 0 aliphatic carbocycles. The topological polar surface area (TPSA) is 146 Å². The molecule has 4 heterocycles. The van der Waals surface area contributed by atoms with Crippen LogP contribution in [0.5, 0.6) is 46.0 Å². The molecule has 0 atom stereocenters. The first-order valence-corrected chi connectivity index (χ1v) is 16.2. The monoisotopic (exact) mass is 675 g/mol. The van der Waals surface area contributed by atoms with Gasteiger partial charge in [-0.05, 0) is 71.8 Å². The maximum absolute atomic E-state index is 14.5. The van der Waals surface area contributed by atoms with Crippen LogP contribution in [0.1, 0.15) is 59.7 Å². The molecule has 0 saturated heterocycles. The summed E-state index contributed by atoms with van der Waals surface area (Å²) in [5.74, 6) is 0.227. The van der Waals surface area contributed by atoms with E-state index in [0.717, 1.165) is 0 Å². The van der Waals surface area contributed by atoms with Gasteiger partial charge >= 0.3 is 5.97 Å². The number of carbonyl (C=O) groups is 2. The smallest absolute Gasteiger partial charge is 0.340 e. The lowest BCUT2D eigenvalue weighted by atomic mass is 9.74. The summed E-state index contributed by atoms with van der Waals surface area (Å²) in [6, 6.07) is 31.4. The van der Waals surface area contributed by atoms with Crippen molar-refractivity contribution in [2.24, 2.45) is 0 Å². The van der Waals surface area contributed by atoms with Gasteiger partial charge in [-0.15, -0.1) is 0 Å². The molecule has 10 heteroatoms. The first kappa shape index (κ1) is 29.0. The van der Waals surface area contributed by atoms with Crippen LogP contribution in [0.25, 0.3) is 0 Å². The minimum absolute atomic E-state index is 0.0237. The molecule has 2 spiro atoms. The second-order valence-electron chi connectivity index (χ2n) is 13.0. The van der Waals surface area contributed by atoms with Crippen molar-refractivity contribution in [1.29, 1.82) is 0 Å². The number of carbonyl (C=O) groups excluding carboxylic acids is 2. The number of phenols is 4. The number of esters is 1. The van der Waals surface area contributed by atoms with Gasteiger partial charge in [0.15, 0.2) is 5.60 Å². The lowest BCUT2D eigenvalue weighted by Crippen LogP contribution is -2.46. The fraction of sp³-hybridized carbons (Fsp3) is 0.0732. The maximum atomic E-state index is 14.5. The highest BCUT2D eigenvalue weighted by Gasteiger charge is 2.57. The Morgan fingerprint density at radius 3 is 1.57 bits per heavy atom. The molecule has 0 fully saturated rings. The van der Waals surface area contributed by atoms with E-state index in [-0.39, 0.29) is 52.5 Å². The van der Waals surface area contributed by atoms with Gasteiger partial charge in [-0.1, -0.05) is 30.3 Å². The SMILES string of the molecule is O=C1OC2(c3ccc(O)cc3Oc3cc(O)ccc32)c2ccc(CN3C(=O)c4ccccc4C34c3ccc(O)cc3Oc3cc(O)ccc34)cc21. The van der Waals surface area contributed by atoms with Crippen LogP contribution < -0.4 is 9.47 Å². The molecule has 0 saturated carbocycles. The summed E-state index contributed by atoms with van der Waals surface area (Å²) in [5.41, 5.74) is 2.26. The standard InChI is InChI=1S/C41H25NO9/c43-22-6-11-30-34(16-22)49-35-17-23(44)7-12-31(35)40(30)28-4-2-1-3-26(28)38(47)42(40)20-21-5-10-29-27(15-21)39(48)51-41(29)32-13-8-24(45)18-36(32)50-37-19-25(46)9-14-33(37)41/h1-19,43-46H,20H2. The van der Waals surface area contributed by atoms with Crippen LogP contribution in [0.2, 0.25) is 0 Å². The Morgan fingerprint density at radius 2 is 1.00 bits per heavy atom. The summed E-state index contributed by atoms with van der Waals surface area (Å²) in [6.07, 6.45) is 0. The highest BCUT2D eigenvalue weighted by Crippen LogP contribution is 2.60. The van der Waals surface area contributed by atoms with E-state index in [1.54, 1.807) is 65.6 Å². The van der Waals surface area contributed by atoms with E-state index >= 15 is 0 Å². The normalized spacial score (nSPS) is 16.3. The lowest BCUT2D eigenvalue weighted by molar-refractivity contribution is 0.0224. The zero-order valence-electron chi connectivity index (χ0n) is 26.5. The number of hydrogen-bond donors (Lipinski definition) is 4. The summed E-state index contributed by atoms with van der Waals surface area (Å²) < 4.78 is 18.6. The average Bonchev–Trinajstić information content (AvgIpc) is 3.52. The van der Waals surface area contributed by atoms with Crippen LogP contribution in [0.15, 0.2) is 115 Å². The summed E-state index contributed by atoms with van der Waals surface area (Å²) in [4.78, 5) is 30.2. The molecule has 0 bridgehead atoms. The molecule has 248 valence electrons. The number of amides is 1. The third-order valence-electron chi connectivity index (χ3n) is 10.3. The van der Waals surface area contributed by atoms with E-state index in [0.29, 0.717) is 56.0 Å². The number of hydrogen-bond acceptors (Lipinski definition) is 9. The van der Waals surface area contributed by atoms with Gasteiger partial charge in [-0.3, -0.25) is 4.79 Å². The summed E-state index contributed by atoms with van der Waals surface area (Å²) in [5, 5.41) is 41.5. The van der Waals surface area contributed by atoms with Crippen LogP contribution in [-0.4, -0.2) is 37.2 Å². The van der Waals surface area contributed by atoms with E-state index in [4.69, 9.17) is 14.2 Å². The van der Waals surface area contributed by atoms with Gasteiger partial charge in [0.2, 0.25) is 0 Å². The molecule has 4 N–H and O–H groups in total. The molecule has 1 amide bonds. The number of aromatic hydroxyl groups is 4. The molecule has 6 aromatic rings. The molecule has 51 heavy (non-hydrogen) atoms. The Morgan fingerprint density at radius 1 is 0.510 bits per heavy atom. The number of fused-ring (bicyclic) bond motifs is 12. The van der Waals surface area contributed by atoms with Gasteiger partial charge in [0.1, 0.15) is 51.5 Å². The fourth-order valence-corrected chi connectivity index (χ4v) is 8.29. The van der Waals surface area contributed by atoms with Crippen LogP contribution >= 0.6 is 0 Å². The van der Waals surface area contributed by atoms with Crippen molar-refractivity contribution in [2.75, 3.05) is 0 Å². The second kappa shape index (κ2) is 9.82. The van der Waals surface area contributed by atoms with Crippen molar-refractivity contribution in [3.63, 3.8) is 0 Å². The van der Waals surface area contributed by atoms with E-state index in [1.807, 2.05) is 18.2 Å². The largest absolute Gasteiger partial charge is 0.508 e. The Bertz CT molecular complexity index is 2460. The Balaban J connectivity index is 1.16. The second-order valence-corrected chi connectivity index (χ2v) is 13.0. The lowest BCUT2D eigenvalue weighted by Gasteiger charge is -2.44. The average molecular weight is 676 g/mol. The predicted octanol–water partition coefficient (Wildman–Crippen LogP) is 7.13. The molecule has 10 rings (SSSR count). The molecule has 4 aliphatic heterocycles. The molecular weight excluding hydrogens is 650 g/mol. The Labute approximate surface area is 289 Å². The number of benzene rings is 6. The molecule has 0 aromatic heterocycles. The van der Waals surface area contributed by atoms with Crippen LogP contribution in [0.3, 0.4) is 0 Å². The van der Waals surface area contributed by atoms with Gasteiger partial charge < -0.3 is 39.5 Å². The van der Waals surface area contributed by atoms with E-state index in [2.05, 4.69) is 0 Å². The fourth-order valence-electron chi connectivity index (χ4n) is 8.29. The summed E-state index contributed by atoms with van der Waals surface area (Å²) in [7, 11) is 0. The van der Waals surface area contributed by atoms with Gasteiger partial charge in [0.25, 0.3) is 5.91 Å². The van der Waals surface area contributed by atoms with E-state index in [1.165, 1.54) is 36.4 Å². The minimum atomic E-state index is -1.43. The highest BCUT2D eigenvalue weighted by molar-refractivity contribution is 6.02. The van der Waals surface area contributed by atoms with Crippen LogP contribution in [0, 0.1) is 0 Å². The zero-order valence-corrected chi connectivity index (χ0v) is 26.5. The molecule has 6 aromatic carbocycles.